The molecule has 14 heteroatoms. The molecule has 6 rings (SSSR count). The summed E-state index contributed by atoms with van der Waals surface area (Å²) < 4.78 is 5.36. The number of rotatable bonds is 6. The van der Waals surface area contributed by atoms with Crippen LogP contribution in [0.25, 0.3) is 0 Å². The number of nitro groups is 2. The van der Waals surface area contributed by atoms with Crippen LogP contribution in [0, 0.1) is 38.0 Å². The van der Waals surface area contributed by atoms with Gasteiger partial charge in [-0.3, -0.25) is 39.4 Å². The highest BCUT2D eigenvalue weighted by Crippen LogP contribution is 2.57. The van der Waals surface area contributed by atoms with Crippen LogP contribution >= 0.6 is 0 Å². The Balaban J connectivity index is 1.50. The van der Waals surface area contributed by atoms with E-state index in [4.69, 9.17) is 4.74 Å². The Morgan fingerprint density at radius 1 is 0.978 bits per heavy atom. The van der Waals surface area contributed by atoms with Gasteiger partial charge in [-0.2, -0.15) is 0 Å². The lowest BCUT2D eigenvalue weighted by Crippen LogP contribution is -2.39. The zero-order valence-electron chi connectivity index (χ0n) is 25.2. The highest BCUT2D eigenvalue weighted by Gasteiger charge is 2.57. The molecule has 4 atom stereocenters. The van der Waals surface area contributed by atoms with Crippen LogP contribution in [-0.4, -0.2) is 59.5 Å². The number of phenols is 1. The van der Waals surface area contributed by atoms with Gasteiger partial charge in [0, 0.05) is 54.4 Å². The van der Waals surface area contributed by atoms with Crippen LogP contribution in [-0.2, 0) is 19.2 Å². The maximum atomic E-state index is 14.2. The molecule has 2 aromatic rings. The predicted molar refractivity (Wildman–Crippen MR) is 163 cm³/mol. The number of carbonyl (C=O) groups excluding carboxylic acids is 4. The van der Waals surface area contributed by atoms with Gasteiger partial charge in [-0.05, 0) is 50.0 Å². The molecule has 1 fully saturated rings. The average Bonchev–Trinajstić information content (AvgIpc) is 3.27. The molecule has 236 valence electrons. The lowest BCUT2D eigenvalue weighted by molar-refractivity contribution is -0.392. The first-order valence-corrected chi connectivity index (χ1v) is 14.4. The number of hydrogen-bond donors (Lipinski definition) is 1. The standard InChI is InChI=1S/C32H28N4O10/c1-14-9-25(38)28-21(30(14)39)13-19-17(26(28)20-12-16(46-4)5-8-24(20)37)6-7-18-27(19)32(41)34(31(18)40)15-10-22(35(42)43)29(33(2)3)23(11-15)36(44)45/h5-6,8-12,18-19,26-27,37H,7,13H2,1-4H3/t18-,19+,26+,27-/m0/s1. The number of phenolic OH excluding ortho intramolecular Hbond substituents is 1. The van der Waals surface area contributed by atoms with Gasteiger partial charge >= 0.3 is 11.4 Å². The molecule has 1 saturated heterocycles. The average molecular weight is 629 g/mol. The fourth-order valence-corrected chi connectivity index (χ4v) is 7.34. The van der Waals surface area contributed by atoms with E-state index in [1.807, 2.05) is 0 Å². The maximum Gasteiger partial charge on any atom is 0.301 e. The first-order valence-electron chi connectivity index (χ1n) is 14.4. The monoisotopic (exact) mass is 628 g/mol. The molecule has 1 aliphatic heterocycles. The largest absolute Gasteiger partial charge is 0.508 e. The molecule has 1 N–H and O–H groups in total. The number of aromatic hydroxyl groups is 1. The van der Waals surface area contributed by atoms with E-state index < -0.39 is 62.5 Å². The summed E-state index contributed by atoms with van der Waals surface area (Å²) in [4.78, 5) is 79.4. The van der Waals surface area contributed by atoms with Crippen molar-refractivity contribution >= 4 is 46.1 Å². The highest BCUT2D eigenvalue weighted by atomic mass is 16.6. The summed E-state index contributed by atoms with van der Waals surface area (Å²) in [5, 5.41) is 35.0. The van der Waals surface area contributed by atoms with Crippen molar-refractivity contribution in [3.8, 4) is 11.5 Å². The van der Waals surface area contributed by atoms with Crippen LogP contribution < -0.4 is 14.5 Å². The number of hydrogen-bond acceptors (Lipinski definition) is 11. The summed E-state index contributed by atoms with van der Waals surface area (Å²) in [6.45, 7) is 1.51. The van der Waals surface area contributed by atoms with Crippen molar-refractivity contribution in [2.24, 2.45) is 17.8 Å². The molecule has 46 heavy (non-hydrogen) atoms. The van der Waals surface area contributed by atoms with Gasteiger partial charge in [0.1, 0.15) is 11.5 Å². The molecule has 1 heterocycles. The molecule has 0 saturated carbocycles. The van der Waals surface area contributed by atoms with Crippen molar-refractivity contribution in [3.05, 3.63) is 90.6 Å². The Bertz CT molecular complexity index is 1870. The van der Waals surface area contributed by atoms with Crippen LogP contribution in [0.5, 0.6) is 11.5 Å². The summed E-state index contributed by atoms with van der Waals surface area (Å²) >= 11 is 0. The van der Waals surface area contributed by atoms with Crippen molar-refractivity contribution in [2.45, 2.75) is 25.7 Å². The second kappa shape index (κ2) is 10.8. The number of nitro benzene ring substituents is 2. The molecule has 0 aromatic heterocycles. The number of allylic oxidation sites excluding steroid dienone is 6. The number of ketones is 2. The zero-order chi connectivity index (χ0) is 33.4. The SMILES string of the molecule is COc1ccc(O)c([C@H]2C3=CC[C@@H]4C(=O)N(c5cc([N+](=O)[O-])c(N(C)C)c([N+](=O)[O-])c5)C(=O)[C@@H]4[C@@H]3CC3=C2C(=O)C=C(C)C3=O)c1. The molecular formula is C32H28N4O10. The van der Waals surface area contributed by atoms with Crippen LogP contribution in [0.3, 0.4) is 0 Å². The molecule has 2 amide bonds. The Morgan fingerprint density at radius 2 is 1.63 bits per heavy atom. The van der Waals surface area contributed by atoms with E-state index in [9.17, 15) is 44.5 Å². The molecule has 0 unspecified atom stereocenters. The molecular weight excluding hydrogens is 600 g/mol. The Morgan fingerprint density at radius 3 is 2.22 bits per heavy atom. The van der Waals surface area contributed by atoms with E-state index >= 15 is 0 Å². The van der Waals surface area contributed by atoms with Gasteiger partial charge < -0.3 is 14.7 Å². The van der Waals surface area contributed by atoms with E-state index in [1.54, 1.807) is 12.1 Å². The van der Waals surface area contributed by atoms with Crippen molar-refractivity contribution < 1.29 is 38.9 Å². The van der Waals surface area contributed by atoms with Crippen molar-refractivity contribution in [2.75, 3.05) is 31.0 Å². The number of amides is 2. The second-order valence-corrected chi connectivity index (χ2v) is 11.9. The minimum Gasteiger partial charge on any atom is -0.508 e. The van der Waals surface area contributed by atoms with E-state index in [1.165, 1.54) is 51.2 Å². The van der Waals surface area contributed by atoms with E-state index in [-0.39, 0.29) is 58.0 Å². The maximum absolute atomic E-state index is 14.2. The van der Waals surface area contributed by atoms with E-state index in [0.29, 0.717) is 11.3 Å². The number of anilines is 2. The zero-order valence-corrected chi connectivity index (χ0v) is 25.2. The number of fused-ring (bicyclic) bond motifs is 3. The van der Waals surface area contributed by atoms with Crippen LogP contribution in [0.15, 0.2) is 64.8 Å². The van der Waals surface area contributed by atoms with E-state index in [0.717, 1.165) is 17.0 Å². The summed E-state index contributed by atoms with van der Waals surface area (Å²) in [5.74, 6) is -5.65. The Labute approximate surface area is 261 Å². The van der Waals surface area contributed by atoms with E-state index in [2.05, 4.69) is 0 Å². The first-order chi connectivity index (χ1) is 21.8. The van der Waals surface area contributed by atoms with Crippen molar-refractivity contribution in [1.82, 2.24) is 0 Å². The van der Waals surface area contributed by atoms with Crippen LogP contribution in [0.2, 0.25) is 0 Å². The van der Waals surface area contributed by atoms with Crippen molar-refractivity contribution in [1.29, 1.82) is 0 Å². The molecule has 0 radical (unpaired) electrons. The third-order valence-corrected chi connectivity index (χ3v) is 9.26. The van der Waals surface area contributed by atoms with Gasteiger partial charge in [0.25, 0.3) is 0 Å². The number of benzene rings is 2. The van der Waals surface area contributed by atoms with Gasteiger partial charge in [0.05, 0.1) is 34.5 Å². The summed E-state index contributed by atoms with van der Waals surface area (Å²) in [6.07, 6.45) is 3.02. The number of ether oxygens (including phenoxy) is 1. The summed E-state index contributed by atoms with van der Waals surface area (Å²) in [5.41, 5.74) is -0.481. The predicted octanol–water partition coefficient (Wildman–Crippen LogP) is 3.92. The van der Waals surface area contributed by atoms with Gasteiger partial charge in [0.2, 0.25) is 11.8 Å². The molecule has 0 spiro atoms. The number of carbonyl (C=O) groups is 4. The lowest BCUT2D eigenvalue weighted by atomic mass is 9.59. The normalized spacial score (nSPS) is 23.8. The number of methoxy groups -OCH3 is 1. The number of nitrogens with zero attached hydrogens (tertiary/aromatic N) is 4. The smallest absolute Gasteiger partial charge is 0.301 e. The Hall–Kier alpha value is -5.66. The number of imide groups is 1. The Kier molecular flexibility index (Phi) is 7.10. The fourth-order valence-electron chi connectivity index (χ4n) is 7.34. The first kappa shape index (κ1) is 30.4. The van der Waals surface area contributed by atoms with Crippen LogP contribution in [0.4, 0.5) is 22.7 Å². The third-order valence-electron chi connectivity index (χ3n) is 9.26. The van der Waals surface area contributed by atoms with Gasteiger partial charge in [0.15, 0.2) is 17.3 Å². The molecule has 0 bridgehead atoms. The third kappa shape index (κ3) is 4.39. The number of Topliss-reactive ketones (excluding diaryl/α,β-unsaturated/α-hetero) is 1. The second-order valence-electron chi connectivity index (χ2n) is 11.9. The summed E-state index contributed by atoms with van der Waals surface area (Å²) in [6, 6.07) is 6.44. The van der Waals surface area contributed by atoms with Gasteiger partial charge in [-0.15, -0.1) is 0 Å². The molecule has 4 aliphatic rings. The van der Waals surface area contributed by atoms with Crippen LogP contribution in [0.1, 0.15) is 31.2 Å². The van der Waals surface area contributed by atoms with Gasteiger partial charge in [-0.1, -0.05) is 11.6 Å². The molecule has 3 aliphatic carbocycles. The quantitative estimate of drug-likeness (QED) is 0.160. The highest BCUT2D eigenvalue weighted by molar-refractivity contribution is 6.25. The molecule has 14 nitrogen and oxygen atoms in total. The minimum absolute atomic E-state index is 0.0357. The lowest BCUT2D eigenvalue weighted by Gasteiger charge is -2.42. The molecule has 2 aromatic carbocycles. The topological polar surface area (TPSA) is 190 Å². The van der Waals surface area contributed by atoms with Gasteiger partial charge in [-0.25, -0.2) is 4.90 Å². The minimum atomic E-state index is -1.04. The fraction of sp³-hybridized carbons (Fsp3) is 0.312. The van der Waals surface area contributed by atoms with Crippen molar-refractivity contribution in [3.63, 3.8) is 0 Å². The summed E-state index contributed by atoms with van der Waals surface area (Å²) in [7, 11) is 4.24.